The van der Waals surface area contributed by atoms with E-state index >= 15 is 0 Å². The number of hydrazone groups is 1. The molecule has 1 aromatic rings. The highest BCUT2D eigenvalue weighted by Crippen LogP contribution is 2.28. The lowest BCUT2D eigenvalue weighted by Crippen LogP contribution is -2.38. The molecular weight excluding hydrogens is 421 g/mol. The zero-order valence-corrected chi connectivity index (χ0v) is 17.4. The fraction of sp³-hybridized carbons (Fsp3) is 0.389. The summed E-state index contributed by atoms with van der Waals surface area (Å²) in [5.74, 6) is -0.459. The molecule has 1 saturated heterocycles. The minimum absolute atomic E-state index is 0.215. The number of benzene rings is 1. The van der Waals surface area contributed by atoms with Crippen LogP contribution in [0.15, 0.2) is 34.9 Å². The predicted octanol–water partition coefficient (Wildman–Crippen LogP) is 2.49. The number of carbonyl (C=O) groups is 1. The molecule has 1 N–H and O–H groups in total. The number of hydrogen-bond donors (Lipinski definition) is 1. The second-order valence-electron chi connectivity index (χ2n) is 6.45. The third-order valence-electron chi connectivity index (χ3n) is 4.39. The molecule has 3 rings (SSSR count). The van der Waals surface area contributed by atoms with Gasteiger partial charge in [0.15, 0.2) is 0 Å². The Kier molecular flexibility index (Phi) is 6.75. The summed E-state index contributed by atoms with van der Waals surface area (Å²) >= 11 is 10.7. The lowest BCUT2D eigenvalue weighted by atomic mass is 10.2. The quantitative estimate of drug-likeness (QED) is 0.680. The molecular formula is C18H21ClFN5O3S. The van der Waals surface area contributed by atoms with E-state index in [2.05, 4.69) is 17.0 Å². The first-order valence-electron chi connectivity index (χ1n) is 8.86. The minimum atomic E-state index is -0.538. The van der Waals surface area contributed by atoms with Gasteiger partial charge in [0.1, 0.15) is 18.3 Å². The second-order valence-corrected chi connectivity index (χ2v) is 7.36. The van der Waals surface area contributed by atoms with Crippen LogP contribution in [0.4, 0.5) is 20.6 Å². The molecule has 1 amide bonds. The van der Waals surface area contributed by atoms with Crippen LogP contribution in [0.5, 0.6) is 0 Å². The number of amides is 1. The fourth-order valence-corrected chi connectivity index (χ4v) is 3.20. The number of cyclic esters (lactones) is 1. The molecule has 0 spiro atoms. The number of carbonyl (C=O) groups excluding carboxylic acids is 1. The van der Waals surface area contributed by atoms with Gasteiger partial charge in [-0.3, -0.25) is 9.91 Å². The Balaban J connectivity index is 1.65. The molecule has 1 atom stereocenters. The van der Waals surface area contributed by atoms with Gasteiger partial charge < -0.3 is 19.7 Å². The minimum Gasteiger partial charge on any atom is -0.474 e. The van der Waals surface area contributed by atoms with Gasteiger partial charge in [0, 0.05) is 11.6 Å². The standard InChI is InChI=1S/C18H21ClFN5O3S/c1-12(19)9-24-6-5-23(11-22-24)16-4-3-13(7-15(16)20)25-10-14(28-18(25)26)8-21-17(29)27-2/h3-4,7,11,14H,1,5-6,8-10H2,2H3,(H,21,29). The molecule has 1 unspecified atom stereocenters. The van der Waals surface area contributed by atoms with Crippen molar-refractivity contribution >= 4 is 52.8 Å². The van der Waals surface area contributed by atoms with Crippen LogP contribution in [-0.4, -0.2) is 68.6 Å². The predicted molar refractivity (Wildman–Crippen MR) is 114 cm³/mol. The van der Waals surface area contributed by atoms with E-state index < -0.39 is 18.0 Å². The zero-order valence-electron chi connectivity index (χ0n) is 15.8. The van der Waals surface area contributed by atoms with Crippen molar-refractivity contribution in [3.05, 3.63) is 35.6 Å². The van der Waals surface area contributed by atoms with Crippen LogP contribution in [-0.2, 0) is 9.47 Å². The van der Waals surface area contributed by atoms with E-state index in [4.69, 9.17) is 33.3 Å². The van der Waals surface area contributed by atoms with Crippen LogP contribution in [0, 0.1) is 5.82 Å². The molecule has 0 aromatic heterocycles. The smallest absolute Gasteiger partial charge is 0.414 e. The lowest BCUT2D eigenvalue weighted by Gasteiger charge is -2.30. The maximum atomic E-state index is 14.7. The third kappa shape index (κ3) is 5.27. The topological polar surface area (TPSA) is 69.6 Å². The summed E-state index contributed by atoms with van der Waals surface area (Å²) in [6.07, 6.45) is 0.588. The van der Waals surface area contributed by atoms with Gasteiger partial charge in [0.25, 0.3) is 5.17 Å². The molecule has 29 heavy (non-hydrogen) atoms. The first kappa shape index (κ1) is 21.1. The van der Waals surface area contributed by atoms with Crippen molar-refractivity contribution < 1.29 is 18.7 Å². The molecule has 2 aliphatic rings. The van der Waals surface area contributed by atoms with Gasteiger partial charge in [-0.25, -0.2) is 9.18 Å². The van der Waals surface area contributed by atoms with Crippen molar-refractivity contribution in [2.24, 2.45) is 5.10 Å². The zero-order chi connectivity index (χ0) is 21.0. The first-order valence-corrected chi connectivity index (χ1v) is 9.64. The monoisotopic (exact) mass is 441 g/mol. The molecule has 0 bridgehead atoms. The number of hydrogen-bond acceptors (Lipinski definition) is 7. The Morgan fingerprint density at radius 1 is 1.52 bits per heavy atom. The maximum absolute atomic E-state index is 14.7. The van der Waals surface area contributed by atoms with E-state index in [1.54, 1.807) is 28.4 Å². The van der Waals surface area contributed by atoms with Gasteiger partial charge in [-0.15, -0.1) is 0 Å². The molecule has 0 radical (unpaired) electrons. The van der Waals surface area contributed by atoms with Crippen molar-refractivity contribution in [3.63, 3.8) is 0 Å². The Morgan fingerprint density at radius 2 is 2.31 bits per heavy atom. The molecule has 1 fully saturated rings. The highest BCUT2D eigenvalue weighted by molar-refractivity contribution is 7.80. The number of methoxy groups -OCH3 is 1. The van der Waals surface area contributed by atoms with Crippen molar-refractivity contribution in [1.29, 1.82) is 0 Å². The maximum Gasteiger partial charge on any atom is 0.414 e. The van der Waals surface area contributed by atoms with Crippen molar-refractivity contribution in [1.82, 2.24) is 10.3 Å². The largest absolute Gasteiger partial charge is 0.474 e. The van der Waals surface area contributed by atoms with Crippen LogP contribution in [0.2, 0.25) is 0 Å². The van der Waals surface area contributed by atoms with Crippen molar-refractivity contribution in [2.75, 3.05) is 49.6 Å². The molecule has 156 valence electrons. The summed E-state index contributed by atoms with van der Waals surface area (Å²) in [6, 6.07) is 4.61. The van der Waals surface area contributed by atoms with Gasteiger partial charge in [-0.1, -0.05) is 18.2 Å². The number of nitrogens with zero attached hydrogens (tertiary/aromatic N) is 4. The third-order valence-corrected chi connectivity index (χ3v) is 4.82. The average molecular weight is 442 g/mol. The van der Waals surface area contributed by atoms with Crippen LogP contribution >= 0.6 is 23.8 Å². The molecule has 0 saturated carbocycles. The first-order chi connectivity index (χ1) is 13.9. The molecule has 11 heteroatoms. The average Bonchev–Trinajstić information content (AvgIpc) is 3.07. The number of rotatable bonds is 6. The van der Waals surface area contributed by atoms with Crippen LogP contribution < -0.4 is 15.1 Å². The number of thiocarbonyl (C=S) groups is 1. The van der Waals surface area contributed by atoms with Gasteiger partial charge in [-0.05, 0) is 30.4 Å². The normalized spacial score (nSPS) is 18.7. The number of halogens is 2. The summed E-state index contributed by atoms with van der Waals surface area (Å²) < 4.78 is 24.9. The molecule has 1 aromatic carbocycles. The van der Waals surface area contributed by atoms with Crippen LogP contribution in [0.25, 0.3) is 0 Å². The Hall–Kier alpha value is -2.59. The van der Waals surface area contributed by atoms with Crippen LogP contribution in [0.3, 0.4) is 0 Å². The second kappa shape index (κ2) is 9.27. The number of anilines is 2. The van der Waals surface area contributed by atoms with Gasteiger partial charge >= 0.3 is 6.09 Å². The lowest BCUT2D eigenvalue weighted by molar-refractivity contribution is 0.142. The van der Waals surface area contributed by atoms with Gasteiger partial charge in [0.2, 0.25) is 0 Å². The molecule has 0 aliphatic carbocycles. The Labute approximate surface area is 178 Å². The van der Waals surface area contributed by atoms with Crippen LogP contribution in [0.1, 0.15) is 0 Å². The summed E-state index contributed by atoms with van der Waals surface area (Å²) in [7, 11) is 1.45. The molecule has 2 aliphatic heterocycles. The summed E-state index contributed by atoms with van der Waals surface area (Å²) in [5.41, 5.74) is 0.792. The summed E-state index contributed by atoms with van der Waals surface area (Å²) in [6.45, 7) is 5.80. The van der Waals surface area contributed by atoms with E-state index in [0.717, 1.165) is 0 Å². The summed E-state index contributed by atoms with van der Waals surface area (Å²) in [5, 5.41) is 9.53. The van der Waals surface area contributed by atoms with E-state index in [1.807, 2.05) is 0 Å². The van der Waals surface area contributed by atoms with Gasteiger partial charge in [-0.2, -0.15) is 5.10 Å². The van der Waals surface area contributed by atoms with Gasteiger partial charge in [0.05, 0.1) is 44.7 Å². The molecule has 2 heterocycles. The number of ether oxygens (including phenoxy) is 2. The molecule has 8 nitrogen and oxygen atoms in total. The van der Waals surface area contributed by atoms with E-state index in [-0.39, 0.29) is 11.7 Å². The highest BCUT2D eigenvalue weighted by atomic mass is 35.5. The Morgan fingerprint density at radius 3 is 2.93 bits per heavy atom. The SMILES string of the molecule is C=C(Cl)CN1CCN(c2ccc(N3CC(CNC(=S)OC)OC3=O)cc2F)C=N1. The summed E-state index contributed by atoms with van der Waals surface area (Å²) in [4.78, 5) is 15.2. The van der Waals surface area contributed by atoms with E-state index in [0.29, 0.717) is 42.6 Å². The number of nitrogens with one attached hydrogen (secondary N) is 1. The Bertz CT molecular complexity index is 840. The highest BCUT2D eigenvalue weighted by Gasteiger charge is 2.33. The van der Waals surface area contributed by atoms with Crippen molar-refractivity contribution in [3.8, 4) is 0 Å². The van der Waals surface area contributed by atoms with E-state index in [9.17, 15) is 9.18 Å². The van der Waals surface area contributed by atoms with Crippen molar-refractivity contribution in [2.45, 2.75) is 6.10 Å². The fourth-order valence-electron chi connectivity index (χ4n) is 2.98. The van der Waals surface area contributed by atoms with E-state index in [1.165, 1.54) is 18.1 Å².